The van der Waals surface area contributed by atoms with Crippen LogP contribution in [0.1, 0.15) is 46.0 Å². The Hall–Kier alpha value is -0.170. The van der Waals surface area contributed by atoms with Crippen LogP contribution in [0.15, 0.2) is 0 Å². The van der Waals surface area contributed by atoms with Crippen molar-refractivity contribution in [3.63, 3.8) is 0 Å². The van der Waals surface area contributed by atoms with Gasteiger partial charge >= 0.3 is 0 Å². The molecule has 2 aliphatic heterocycles. The molecule has 0 aromatic heterocycles. The van der Waals surface area contributed by atoms with E-state index in [2.05, 4.69) is 13.8 Å². The first-order chi connectivity index (χ1) is 9.86. The van der Waals surface area contributed by atoms with Gasteiger partial charge in [0, 0.05) is 25.7 Å². The molecule has 2 rings (SSSR count). The third-order valence-electron chi connectivity index (χ3n) is 5.38. The summed E-state index contributed by atoms with van der Waals surface area (Å²) in [6.07, 6.45) is 4.97. The molecule has 5 nitrogen and oxygen atoms in total. The molecule has 21 heavy (non-hydrogen) atoms. The van der Waals surface area contributed by atoms with Gasteiger partial charge in [-0.1, -0.05) is 20.3 Å². The highest BCUT2D eigenvalue weighted by atomic mass is 32.2. The number of rotatable bonds is 5. The molecule has 2 N–H and O–H groups in total. The summed E-state index contributed by atoms with van der Waals surface area (Å²) in [5, 5.41) is 0. The van der Waals surface area contributed by atoms with E-state index in [1.54, 1.807) is 4.31 Å². The van der Waals surface area contributed by atoms with E-state index in [9.17, 15) is 8.42 Å². The summed E-state index contributed by atoms with van der Waals surface area (Å²) in [6, 6.07) is -0.310. The monoisotopic (exact) mass is 318 g/mol. The summed E-state index contributed by atoms with van der Waals surface area (Å²) in [7, 11) is -3.24. The van der Waals surface area contributed by atoms with Gasteiger partial charge in [-0.15, -0.1) is 0 Å². The molecule has 2 atom stereocenters. The number of ether oxygens (including phenoxy) is 1. The fourth-order valence-corrected chi connectivity index (χ4v) is 4.95. The van der Waals surface area contributed by atoms with Crippen LogP contribution >= 0.6 is 0 Å². The lowest BCUT2D eigenvalue weighted by Gasteiger charge is -2.39. The smallest absolute Gasteiger partial charge is 0.215 e. The summed E-state index contributed by atoms with van der Waals surface area (Å²) >= 11 is 0. The minimum absolute atomic E-state index is 0.0594. The third-order valence-corrected chi connectivity index (χ3v) is 7.34. The topological polar surface area (TPSA) is 72.6 Å². The minimum Gasteiger partial charge on any atom is -0.381 e. The zero-order valence-electron chi connectivity index (χ0n) is 13.4. The molecule has 0 bridgehead atoms. The lowest BCUT2D eigenvalue weighted by atomic mass is 9.79. The number of hydrogen-bond donors (Lipinski definition) is 1. The van der Waals surface area contributed by atoms with E-state index < -0.39 is 10.0 Å². The molecule has 0 spiro atoms. The standard InChI is InChI=1S/C15H30N2O3S/c1-3-15(2)6-8-17(9-7-15)21(18,19)12-14(16)13-5-4-10-20-11-13/h13-14H,3-12,16H2,1-2H3. The van der Waals surface area contributed by atoms with Gasteiger partial charge in [0.2, 0.25) is 10.0 Å². The summed E-state index contributed by atoms with van der Waals surface area (Å²) in [4.78, 5) is 0. The van der Waals surface area contributed by atoms with Crippen LogP contribution in [0.25, 0.3) is 0 Å². The molecule has 2 fully saturated rings. The first-order valence-electron chi connectivity index (χ1n) is 8.17. The summed E-state index contributed by atoms with van der Waals surface area (Å²) in [5.41, 5.74) is 6.43. The SMILES string of the molecule is CCC1(C)CCN(S(=O)(=O)CC(N)C2CCCOC2)CC1. The molecule has 0 saturated carbocycles. The highest BCUT2D eigenvalue weighted by Crippen LogP contribution is 2.35. The predicted molar refractivity (Wildman–Crippen MR) is 84.5 cm³/mol. The Kier molecular flexibility index (Phi) is 5.68. The van der Waals surface area contributed by atoms with Gasteiger partial charge in [-0.2, -0.15) is 0 Å². The normalized spacial score (nSPS) is 29.2. The lowest BCUT2D eigenvalue weighted by Crippen LogP contribution is -2.48. The Labute approximate surface area is 129 Å². The maximum Gasteiger partial charge on any atom is 0.215 e. The van der Waals surface area contributed by atoms with Crippen molar-refractivity contribution in [2.45, 2.75) is 52.0 Å². The average Bonchev–Trinajstić information content (AvgIpc) is 2.48. The third kappa shape index (κ3) is 4.41. The van der Waals surface area contributed by atoms with Crippen LogP contribution in [0.5, 0.6) is 0 Å². The van der Waals surface area contributed by atoms with E-state index >= 15 is 0 Å². The van der Waals surface area contributed by atoms with Crippen molar-refractivity contribution in [2.24, 2.45) is 17.1 Å². The quantitative estimate of drug-likeness (QED) is 0.835. The zero-order chi connectivity index (χ0) is 15.5. The molecule has 0 aromatic carbocycles. The van der Waals surface area contributed by atoms with Gasteiger partial charge < -0.3 is 10.5 Å². The van der Waals surface area contributed by atoms with Crippen molar-refractivity contribution in [2.75, 3.05) is 32.1 Å². The van der Waals surface area contributed by atoms with Crippen LogP contribution in [0.3, 0.4) is 0 Å². The molecular formula is C15H30N2O3S. The lowest BCUT2D eigenvalue weighted by molar-refractivity contribution is 0.0474. The fraction of sp³-hybridized carbons (Fsp3) is 1.00. The Balaban J connectivity index is 1.90. The van der Waals surface area contributed by atoms with Crippen LogP contribution < -0.4 is 5.73 Å². The number of sulfonamides is 1. The van der Waals surface area contributed by atoms with Crippen LogP contribution in [-0.2, 0) is 14.8 Å². The van der Waals surface area contributed by atoms with E-state index in [1.807, 2.05) is 0 Å². The molecule has 0 aliphatic carbocycles. The Bertz CT molecular complexity index is 424. The van der Waals surface area contributed by atoms with E-state index in [4.69, 9.17) is 10.5 Å². The summed E-state index contributed by atoms with van der Waals surface area (Å²) in [5.74, 6) is 0.239. The Morgan fingerprint density at radius 1 is 1.38 bits per heavy atom. The second-order valence-corrected chi connectivity index (χ2v) is 9.00. The van der Waals surface area contributed by atoms with Crippen molar-refractivity contribution in [1.82, 2.24) is 4.31 Å². The molecule has 2 saturated heterocycles. The van der Waals surface area contributed by atoms with Gasteiger partial charge in [0.25, 0.3) is 0 Å². The second kappa shape index (κ2) is 6.94. The molecular weight excluding hydrogens is 288 g/mol. The number of nitrogens with zero attached hydrogens (tertiary/aromatic N) is 1. The molecule has 6 heteroatoms. The number of hydrogen-bond acceptors (Lipinski definition) is 4. The molecule has 0 radical (unpaired) electrons. The van der Waals surface area contributed by atoms with Crippen molar-refractivity contribution < 1.29 is 13.2 Å². The first kappa shape index (κ1) is 17.2. The maximum absolute atomic E-state index is 12.5. The largest absolute Gasteiger partial charge is 0.381 e. The van der Waals surface area contributed by atoms with E-state index in [-0.39, 0.29) is 17.7 Å². The van der Waals surface area contributed by atoms with E-state index in [0.29, 0.717) is 25.1 Å². The Morgan fingerprint density at radius 3 is 2.57 bits per heavy atom. The summed E-state index contributed by atoms with van der Waals surface area (Å²) in [6.45, 7) is 7.09. The van der Waals surface area contributed by atoms with Crippen molar-refractivity contribution in [3.05, 3.63) is 0 Å². The van der Waals surface area contributed by atoms with Crippen LogP contribution in [0.4, 0.5) is 0 Å². The van der Waals surface area contributed by atoms with Gasteiger partial charge in [0.15, 0.2) is 0 Å². The van der Waals surface area contributed by atoms with Gasteiger partial charge in [-0.05, 0) is 37.0 Å². The molecule has 2 unspecified atom stereocenters. The first-order valence-corrected chi connectivity index (χ1v) is 9.78. The zero-order valence-corrected chi connectivity index (χ0v) is 14.2. The maximum atomic E-state index is 12.5. The van der Waals surface area contributed by atoms with E-state index in [1.165, 1.54) is 0 Å². The molecule has 124 valence electrons. The van der Waals surface area contributed by atoms with Crippen molar-refractivity contribution in [1.29, 1.82) is 0 Å². The Morgan fingerprint density at radius 2 is 2.05 bits per heavy atom. The van der Waals surface area contributed by atoms with Gasteiger partial charge in [-0.3, -0.25) is 0 Å². The predicted octanol–water partition coefficient (Wildman–Crippen LogP) is 1.58. The minimum atomic E-state index is -3.24. The molecule has 0 aromatic rings. The highest BCUT2D eigenvalue weighted by Gasteiger charge is 2.35. The van der Waals surface area contributed by atoms with Crippen LogP contribution in [-0.4, -0.2) is 50.8 Å². The fourth-order valence-electron chi connectivity index (χ4n) is 3.25. The number of nitrogens with two attached hydrogens (primary N) is 1. The van der Waals surface area contributed by atoms with E-state index in [0.717, 1.165) is 38.7 Å². The molecule has 0 amide bonds. The second-order valence-electron chi connectivity index (χ2n) is 6.98. The molecule has 2 aliphatic rings. The number of piperidine rings is 1. The molecule has 2 heterocycles. The van der Waals surface area contributed by atoms with Gasteiger partial charge in [-0.25, -0.2) is 12.7 Å². The van der Waals surface area contributed by atoms with Gasteiger partial charge in [0.1, 0.15) is 0 Å². The highest BCUT2D eigenvalue weighted by molar-refractivity contribution is 7.89. The summed E-state index contributed by atoms with van der Waals surface area (Å²) < 4.78 is 32.1. The van der Waals surface area contributed by atoms with Crippen LogP contribution in [0, 0.1) is 11.3 Å². The van der Waals surface area contributed by atoms with Crippen molar-refractivity contribution in [3.8, 4) is 0 Å². The van der Waals surface area contributed by atoms with Crippen molar-refractivity contribution >= 4 is 10.0 Å². The van der Waals surface area contributed by atoms with Gasteiger partial charge in [0.05, 0.1) is 12.4 Å². The average molecular weight is 318 g/mol. The van der Waals surface area contributed by atoms with Crippen LogP contribution in [0.2, 0.25) is 0 Å².